The van der Waals surface area contributed by atoms with Gasteiger partial charge in [0.25, 0.3) is 0 Å². The van der Waals surface area contributed by atoms with Gasteiger partial charge in [0.15, 0.2) is 5.36 Å². The maximum absolute atomic E-state index is 11.4. The summed E-state index contributed by atoms with van der Waals surface area (Å²) in [6, 6.07) is 3.79. The van der Waals surface area contributed by atoms with E-state index in [2.05, 4.69) is 5.16 Å². The first-order valence-corrected chi connectivity index (χ1v) is 3.79. The number of fused-ring (bicyclic) bond motifs is 1. The van der Waals surface area contributed by atoms with Crippen molar-refractivity contribution in [3.63, 3.8) is 0 Å². The number of aromatic hydroxyl groups is 1. The normalized spacial score (nSPS) is 12.4. The second-order valence-corrected chi connectivity index (χ2v) is 2.84. The predicted octanol–water partition coefficient (Wildman–Crippen LogP) is -0.569. The fraction of sp³-hybridized carbons (Fsp3) is 0. The monoisotopic (exact) mass is 191 g/mol. The van der Waals surface area contributed by atoms with E-state index in [1.54, 1.807) is 0 Å². The lowest BCUT2D eigenvalue weighted by molar-refractivity contribution is 0.301. The summed E-state index contributed by atoms with van der Waals surface area (Å²) in [4.78, 5) is 22.7. The molecular weight excluding hydrogens is 186 g/mol. The molecular formula is C9H5NO4. The van der Waals surface area contributed by atoms with Gasteiger partial charge in [-0.05, 0) is 18.2 Å². The van der Waals surface area contributed by atoms with Crippen LogP contribution < -0.4 is 16.2 Å². The molecule has 0 unspecified atom stereocenters. The van der Waals surface area contributed by atoms with Crippen molar-refractivity contribution in [2.45, 2.75) is 0 Å². The van der Waals surface area contributed by atoms with Crippen LogP contribution in [0.25, 0.3) is 10.8 Å². The molecule has 0 aliphatic carbocycles. The second-order valence-electron chi connectivity index (χ2n) is 2.84. The van der Waals surface area contributed by atoms with E-state index in [-0.39, 0.29) is 16.5 Å². The van der Waals surface area contributed by atoms with Gasteiger partial charge >= 0.3 is 0 Å². The Labute approximate surface area is 76.9 Å². The maximum atomic E-state index is 11.4. The van der Waals surface area contributed by atoms with E-state index < -0.39 is 16.2 Å². The van der Waals surface area contributed by atoms with Gasteiger partial charge in [0.1, 0.15) is 5.75 Å². The Kier molecular flexibility index (Phi) is 1.60. The zero-order valence-electron chi connectivity index (χ0n) is 6.89. The first-order chi connectivity index (χ1) is 6.65. The van der Waals surface area contributed by atoms with Crippen molar-refractivity contribution in [3.05, 3.63) is 44.0 Å². The zero-order valence-corrected chi connectivity index (χ0v) is 6.89. The SMILES string of the molecule is O=c1/c(=N\O)c(=O)c2cc(O)ccc12. The largest absolute Gasteiger partial charge is 0.508 e. The van der Waals surface area contributed by atoms with Gasteiger partial charge in [-0.15, -0.1) is 0 Å². The van der Waals surface area contributed by atoms with E-state index in [9.17, 15) is 9.59 Å². The van der Waals surface area contributed by atoms with Crippen molar-refractivity contribution >= 4 is 10.8 Å². The van der Waals surface area contributed by atoms with Crippen molar-refractivity contribution in [2.75, 3.05) is 0 Å². The van der Waals surface area contributed by atoms with Gasteiger partial charge in [-0.2, -0.15) is 0 Å². The van der Waals surface area contributed by atoms with Crippen LogP contribution in [-0.4, -0.2) is 10.3 Å². The van der Waals surface area contributed by atoms with E-state index in [0.29, 0.717) is 0 Å². The van der Waals surface area contributed by atoms with Gasteiger partial charge in [0.05, 0.1) is 0 Å². The minimum atomic E-state index is -0.664. The minimum absolute atomic E-state index is 0.0720. The van der Waals surface area contributed by atoms with E-state index in [1.165, 1.54) is 18.2 Å². The van der Waals surface area contributed by atoms with Crippen molar-refractivity contribution < 1.29 is 10.3 Å². The summed E-state index contributed by atoms with van der Waals surface area (Å²) in [5.41, 5.74) is -1.28. The van der Waals surface area contributed by atoms with Crippen molar-refractivity contribution in [3.8, 4) is 5.75 Å². The van der Waals surface area contributed by atoms with Crippen LogP contribution >= 0.6 is 0 Å². The third-order valence-corrected chi connectivity index (χ3v) is 2.02. The molecule has 0 aliphatic heterocycles. The molecule has 0 heterocycles. The molecule has 0 spiro atoms. The first kappa shape index (κ1) is 8.43. The average Bonchev–Trinajstić information content (AvgIpc) is 2.39. The highest BCUT2D eigenvalue weighted by atomic mass is 16.4. The number of benzene rings is 1. The standard InChI is InChI=1S/C9H5NO4/c11-4-1-2-5-6(3-4)9(13)7(10-14)8(5)12/h1-3,11,14H/b10-7+. The molecule has 0 aromatic heterocycles. The second kappa shape index (κ2) is 2.66. The highest BCUT2D eigenvalue weighted by Gasteiger charge is 2.11. The number of phenolic OH excluding ortho intramolecular Hbond substituents is 1. The minimum Gasteiger partial charge on any atom is -0.508 e. The molecule has 0 saturated carbocycles. The lowest BCUT2D eigenvalue weighted by Gasteiger charge is -1.88. The molecule has 0 fully saturated rings. The Hall–Kier alpha value is -2.17. The number of rotatable bonds is 0. The molecule has 2 N–H and O–H groups in total. The molecule has 0 radical (unpaired) electrons. The smallest absolute Gasteiger partial charge is 0.219 e. The fourth-order valence-corrected chi connectivity index (χ4v) is 1.37. The van der Waals surface area contributed by atoms with Crippen LogP contribution in [-0.2, 0) is 0 Å². The summed E-state index contributed by atoms with van der Waals surface area (Å²) in [6.07, 6.45) is 0. The highest BCUT2D eigenvalue weighted by Crippen LogP contribution is 2.12. The summed E-state index contributed by atoms with van der Waals surface area (Å²) in [5.74, 6) is -0.107. The predicted molar refractivity (Wildman–Crippen MR) is 47.9 cm³/mol. The molecule has 70 valence electrons. The average molecular weight is 191 g/mol. The first-order valence-electron chi connectivity index (χ1n) is 3.79. The van der Waals surface area contributed by atoms with Crippen molar-refractivity contribution in [1.82, 2.24) is 0 Å². The molecule has 14 heavy (non-hydrogen) atoms. The van der Waals surface area contributed by atoms with Crippen LogP contribution in [0.4, 0.5) is 0 Å². The van der Waals surface area contributed by atoms with Crippen LogP contribution in [0.5, 0.6) is 5.75 Å². The van der Waals surface area contributed by atoms with Crippen LogP contribution in [0.15, 0.2) is 32.9 Å². The van der Waals surface area contributed by atoms with E-state index in [0.717, 1.165) is 0 Å². The van der Waals surface area contributed by atoms with Gasteiger partial charge < -0.3 is 10.3 Å². The zero-order chi connectivity index (χ0) is 10.3. The van der Waals surface area contributed by atoms with Gasteiger partial charge in [0, 0.05) is 10.8 Å². The van der Waals surface area contributed by atoms with Gasteiger partial charge in [-0.3, -0.25) is 9.59 Å². The summed E-state index contributed by atoms with van der Waals surface area (Å²) in [5, 5.41) is 19.9. The quantitative estimate of drug-likeness (QED) is 0.431. The molecule has 5 nitrogen and oxygen atoms in total. The number of hydrogen-bond donors (Lipinski definition) is 2. The fourth-order valence-electron chi connectivity index (χ4n) is 1.37. The van der Waals surface area contributed by atoms with Crippen LogP contribution in [0.2, 0.25) is 0 Å². The van der Waals surface area contributed by atoms with Crippen molar-refractivity contribution in [1.29, 1.82) is 0 Å². The van der Waals surface area contributed by atoms with E-state index >= 15 is 0 Å². The molecule has 0 bridgehead atoms. The van der Waals surface area contributed by atoms with Crippen LogP contribution in [0.3, 0.4) is 0 Å². The number of phenols is 1. The molecule has 0 saturated heterocycles. The van der Waals surface area contributed by atoms with Crippen LogP contribution in [0.1, 0.15) is 0 Å². The maximum Gasteiger partial charge on any atom is 0.219 e. The summed E-state index contributed by atoms with van der Waals surface area (Å²) >= 11 is 0. The Morgan fingerprint density at radius 3 is 2.36 bits per heavy atom. The topological polar surface area (TPSA) is 87.0 Å². The van der Waals surface area contributed by atoms with E-state index in [4.69, 9.17) is 10.3 Å². The van der Waals surface area contributed by atoms with Gasteiger partial charge in [0.2, 0.25) is 10.9 Å². The molecule has 2 aromatic carbocycles. The molecule has 0 atom stereocenters. The molecule has 2 rings (SSSR count). The number of hydrogen-bond acceptors (Lipinski definition) is 5. The lowest BCUT2D eigenvalue weighted by atomic mass is 10.2. The third-order valence-electron chi connectivity index (χ3n) is 2.02. The third kappa shape index (κ3) is 0.922. The van der Waals surface area contributed by atoms with E-state index in [1.807, 2.05) is 0 Å². The molecule has 0 amide bonds. The summed E-state index contributed by atoms with van der Waals surface area (Å²) in [6.45, 7) is 0. The lowest BCUT2D eigenvalue weighted by Crippen LogP contribution is -2.31. The Morgan fingerprint density at radius 2 is 1.71 bits per heavy atom. The van der Waals surface area contributed by atoms with Crippen molar-refractivity contribution in [2.24, 2.45) is 5.16 Å². The van der Waals surface area contributed by atoms with Gasteiger partial charge in [-0.1, -0.05) is 5.16 Å². The Balaban J connectivity index is 3.20. The number of nitrogens with zero attached hydrogens (tertiary/aromatic N) is 1. The van der Waals surface area contributed by atoms with Crippen LogP contribution in [0, 0.1) is 0 Å². The summed E-state index contributed by atoms with van der Waals surface area (Å²) < 4.78 is 0. The van der Waals surface area contributed by atoms with Gasteiger partial charge in [-0.25, -0.2) is 0 Å². The highest BCUT2D eigenvalue weighted by molar-refractivity contribution is 5.84. The summed E-state index contributed by atoms with van der Waals surface area (Å²) in [7, 11) is 0. The Morgan fingerprint density at radius 1 is 1.07 bits per heavy atom. The molecule has 0 aliphatic rings. The molecule has 2 aromatic rings. The molecule has 5 heteroatoms. The Bertz CT molecular complexity index is 650.